The summed E-state index contributed by atoms with van der Waals surface area (Å²) in [6.07, 6.45) is 1.16. The molecule has 1 aromatic carbocycles. The number of anilines is 1. The number of hydrogen-bond donors (Lipinski definition) is 2. The average Bonchev–Trinajstić information content (AvgIpc) is 2.67. The predicted octanol–water partition coefficient (Wildman–Crippen LogP) is 1.21. The van der Waals surface area contributed by atoms with Crippen LogP contribution < -0.4 is 11.1 Å². The highest BCUT2D eigenvalue weighted by atomic mass is 16.1. The normalized spacial score (nSPS) is 20.5. The molecule has 1 aliphatic rings. The second-order valence-electron chi connectivity index (χ2n) is 4.79. The van der Waals surface area contributed by atoms with Crippen molar-refractivity contribution in [2.24, 2.45) is 5.73 Å². The Morgan fingerprint density at radius 2 is 2.29 bits per heavy atom. The van der Waals surface area contributed by atoms with E-state index in [1.807, 2.05) is 19.1 Å². The Bertz CT molecular complexity index is 431. The van der Waals surface area contributed by atoms with Crippen LogP contribution in [0, 0.1) is 6.92 Å². The zero-order valence-corrected chi connectivity index (χ0v) is 10.4. The molecule has 1 aromatic rings. The molecule has 17 heavy (non-hydrogen) atoms. The minimum Gasteiger partial charge on any atom is -0.381 e. The van der Waals surface area contributed by atoms with Crippen LogP contribution in [-0.2, 0) is 0 Å². The van der Waals surface area contributed by atoms with Crippen LogP contribution in [0.5, 0.6) is 0 Å². The smallest absolute Gasteiger partial charge is 0.248 e. The molecule has 0 bridgehead atoms. The van der Waals surface area contributed by atoms with Gasteiger partial charge in [0.1, 0.15) is 0 Å². The monoisotopic (exact) mass is 233 g/mol. The van der Waals surface area contributed by atoms with Crippen LogP contribution in [0.4, 0.5) is 5.69 Å². The molecule has 0 radical (unpaired) electrons. The molecule has 1 unspecified atom stereocenters. The van der Waals surface area contributed by atoms with Crippen LogP contribution in [-0.4, -0.2) is 37.0 Å². The maximum absolute atomic E-state index is 11.0. The summed E-state index contributed by atoms with van der Waals surface area (Å²) in [5.41, 5.74) is 7.97. The largest absolute Gasteiger partial charge is 0.381 e. The number of nitrogens with two attached hydrogens (primary N) is 1. The first-order chi connectivity index (χ1) is 8.06. The van der Waals surface area contributed by atoms with Gasteiger partial charge in [0.2, 0.25) is 5.91 Å². The number of likely N-dealkylation sites (tertiary alicyclic amines) is 1. The van der Waals surface area contributed by atoms with Gasteiger partial charge in [0.05, 0.1) is 0 Å². The van der Waals surface area contributed by atoms with E-state index in [-0.39, 0.29) is 5.91 Å². The number of likely N-dealkylation sites (N-methyl/N-ethyl adjacent to an activating group) is 1. The fourth-order valence-corrected chi connectivity index (χ4v) is 2.25. The Morgan fingerprint density at radius 3 is 2.82 bits per heavy atom. The van der Waals surface area contributed by atoms with Crippen molar-refractivity contribution in [1.82, 2.24) is 4.90 Å². The molecule has 1 heterocycles. The van der Waals surface area contributed by atoms with E-state index >= 15 is 0 Å². The fraction of sp³-hybridized carbons (Fsp3) is 0.462. The van der Waals surface area contributed by atoms with E-state index in [2.05, 4.69) is 17.3 Å². The highest BCUT2D eigenvalue weighted by Gasteiger charge is 2.19. The SMILES string of the molecule is Cc1cc(C(N)=O)ccc1NC1CCN(C)C1. The number of rotatable bonds is 3. The van der Waals surface area contributed by atoms with Gasteiger partial charge in [0, 0.05) is 23.8 Å². The van der Waals surface area contributed by atoms with E-state index in [1.54, 1.807) is 6.07 Å². The molecule has 1 atom stereocenters. The van der Waals surface area contributed by atoms with E-state index in [4.69, 9.17) is 5.73 Å². The van der Waals surface area contributed by atoms with Gasteiger partial charge in [0.15, 0.2) is 0 Å². The quantitative estimate of drug-likeness (QED) is 0.825. The summed E-state index contributed by atoms with van der Waals surface area (Å²) < 4.78 is 0. The Morgan fingerprint density at radius 1 is 1.53 bits per heavy atom. The molecule has 0 saturated carbocycles. The first-order valence-electron chi connectivity index (χ1n) is 5.92. The summed E-state index contributed by atoms with van der Waals surface area (Å²) >= 11 is 0. The van der Waals surface area contributed by atoms with Gasteiger partial charge >= 0.3 is 0 Å². The van der Waals surface area contributed by atoms with E-state index < -0.39 is 0 Å². The molecule has 0 spiro atoms. The van der Waals surface area contributed by atoms with Crippen molar-refractivity contribution in [3.8, 4) is 0 Å². The number of nitrogens with zero attached hydrogens (tertiary/aromatic N) is 1. The molecular formula is C13H19N3O. The van der Waals surface area contributed by atoms with Crippen LogP contribution in [0.2, 0.25) is 0 Å². The first kappa shape index (κ1) is 11.9. The molecule has 4 heteroatoms. The number of aryl methyl sites for hydroxylation is 1. The fourth-order valence-electron chi connectivity index (χ4n) is 2.25. The van der Waals surface area contributed by atoms with Gasteiger partial charge in [-0.25, -0.2) is 0 Å². The molecular weight excluding hydrogens is 214 g/mol. The number of amides is 1. The van der Waals surface area contributed by atoms with Crippen molar-refractivity contribution in [3.05, 3.63) is 29.3 Å². The van der Waals surface area contributed by atoms with Crippen LogP contribution in [0.3, 0.4) is 0 Å². The lowest BCUT2D eigenvalue weighted by molar-refractivity contribution is 0.100. The zero-order valence-electron chi connectivity index (χ0n) is 10.4. The third-order valence-electron chi connectivity index (χ3n) is 3.26. The second kappa shape index (κ2) is 4.75. The molecule has 2 rings (SSSR count). The van der Waals surface area contributed by atoms with Gasteiger partial charge < -0.3 is 16.0 Å². The minimum atomic E-state index is -0.375. The maximum Gasteiger partial charge on any atom is 0.248 e. The van der Waals surface area contributed by atoms with Crippen molar-refractivity contribution in [2.75, 3.05) is 25.5 Å². The molecule has 4 nitrogen and oxygen atoms in total. The summed E-state index contributed by atoms with van der Waals surface area (Å²) in [6.45, 7) is 4.19. The predicted molar refractivity (Wildman–Crippen MR) is 69.2 cm³/mol. The Hall–Kier alpha value is -1.55. The number of nitrogens with one attached hydrogen (secondary N) is 1. The summed E-state index contributed by atoms with van der Waals surface area (Å²) in [5, 5.41) is 3.51. The lowest BCUT2D eigenvalue weighted by atomic mass is 10.1. The molecule has 1 aliphatic heterocycles. The summed E-state index contributed by atoms with van der Waals surface area (Å²) in [7, 11) is 2.13. The number of benzene rings is 1. The molecule has 1 saturated heterocycles. The van der Waals surface area contributed by atoms with Crippen LogP contribution in [0.15, 0.2) is 18.2 Å². The van der Waals surface area contributed by atoms with E-state index in [1.165, 1.54) is 0 Å². The Kier molecular flexibility index (Phi) is 3.33. The van der Waals surface area contributed by atoms with Gasteiger partial charge in [-0.15, -0.1) is 0 Å². The van der Waals surface area contributed by atoms with Crippen molar-refractivity contribution in [3.63, 3.8) is 0 Å². The van der Waals surface area contributed by atoms with Crippen LogP contribution in [0.1, 0.15) is 22.3 Å². The van der Waals surface area contributed by atoms with Crippen molar-refractivity contribution >= 4 is 11.6 Å². The second-order valence-corrected chi connectivity index (χ2v) is 4.79. The highest BCUT2D eigenvalue weighted by Crippen LogP contribution is 2.20. The lowest BCUT2D eigenvalue weighted by Crippen LogP contribution is -2.24. The van der Waals surface area contributed by atoms with Gasteiger partial charge in [-0.2, -0.15) is 0 Å². The first-order valence-corrected chi connectivity index (χ1v) is 5.92. The standard InChI is InChI=1S/C13H19N3O/c1-9-7-10(13(14)17)3-4-12(9)15-11-5-6-16(2)8-11/h3-4,7,11,15H,5-6,8H2,1-2H3,(H2,14,17). The highest BCUT2D eigenvalue weighted by molar-refractivity contribution is 5.93. The molecule has 1 fully saturated rings. The van der Waals surface area contributed by atoms with Gasteiger partial charge in [-0.3, -0.25) is 4.79 Å². The number of carbonyl (C=O) groups excluding carboxylic acids is 1. The van der Waals surface area contributed by atoms with Crippen LogP contribution >= 0.6 is 0 Å². The van der Waals surface area contributed by atoms with Crippen LogP contribution in [0.25, 0.3) is 0 Å². The summed E-state index contributed by atoms with van der Waals surface area (Å²) in [4.78, 5) is 13.4. The van der Waals surface area contributed by atoms with Crippen molar-refractivity contribution in [1.29, 1.82) is 0 Å². The molecule has 92 valence electrons. The number of hydrogen-bond acceptors (Lipinski definition) is 3. The number of carbonyl (C=O) groups is 1. The zero-order chi connectivity index (χ0) is 12.4. The molecule has 1 amide bonds. The Balaban J connectivity index is 2.09. The van der Waals surface area contributed by atoms with E-state index in [0.717, 1.165) is 30.8 Å². The third kappa shape index (κ3) is 2.77. The molecule has 0 aromatic heterocycles. The Labute approximate surface area is 102 Å². The van der Waals surface area contributed by atoms with E-state index in [9.17, 15) is 4.79 Å². The average molecular weight is 233 g/mol. The topological polar surface area (TPSA) is 58.4 Å². The van der Waals surface area contributed by atoms with Crippen molar-refractivity contribution < 1.29 is 4.79 Å². The molecule has 3 N–H and O–H groups in total. The summed E-state index contributed by atoms with van der Waals surface area (Å²) in [6, 6.07) is 6.05. The minimum absolute atomic E-state index is 0.375. The summed E-state index contributed by atoms with van der Waals surface area (Å²) in [5.74, 6) is -0.375. The molecule has 0 aliphatic carbocycles. The van der Waals surface area contributed by atoms with Crippen molar-refractivity contribution in [2.45, 2.75) is 19.4 Å². The lowest BCUT2D eigenvalue weighted by Gasteiger charge is -2.16. The third-order valence-corrected chi connectivity index (χ3v) is 3.26. The van der Waals surface area contributed by atoms with Gasteiger partial charge in [-0.05, 0) is 50.7 Å². The van der Waals surface area contributed by atoms with E-state index in [0.29, 0.717) is 11.6 Å². The van der Waals surface area contributed by atoms with Gasteiger partial charge in [-0.1, -0.05) is 0 Å². The van der Waals surface area contributed by atoms with Gasteiger partial charge in [0.25, 0.3) is 0 Å². The number of primary amides is 1. The maximum atomic E-state index is 11.0.